The molecule has 1 aromatic carbocycles. The van der Waals surface area contributed by atoms with Crippen LogP contribution in [0.5, 0.6) is 5.75 Å². The van der Waals surface area contributed by atoms with E-state index in [2.05, 4.69) is 48.4 Å². The Labute approximate surface area is 107 Å². The molecule has 4 heteroatoms. The van der Waals surface area contributed by atoms with Gasteiger partial charge >= 0.3 is 0 Å². The minimum Gasteiger partial charge on any atom is -0.495 e. The molecule has 2 aromatic rings. The van der Waals surface area contributed by atoms with Crippen LogP contribution >= 0.6 is 0 Å². The first kappa shape index (κ1) is 12.5. The molecule has 0 radical (unpaired) electrons. The van der Waals surface area contributed by atoms with E-state index >= 15 is 0 Å². The molecule has 2 N–H and O–H groups in total. The molecule has 2 rings (SSSR count). The fraction of sp³-hybridized carbons (Fsp3) is 0.357. The molecule has 1 heterocycles. The normalized spacial score (nSPS) is 11.3. The van der Waals surface area contributed by atoms with Crippen LogP contribution in [0, 0.1) is 0 Å². The zero-order valence-electron chi connectivity index (χ0n) is 11.2. The van der Waals surface area contributed by atoms with Gasteiger partial charge in [-0.05, 0) is 23.1 Å². The van der Waals surface area contributed by atoms with Crippen LogP contribution in [0.15, 0.2) is 30.5 Å². The van der Waals surface area contributed by atoms with Crippen molar-refractivity contribution < 1.29 is 4.74 Å². The zero-order valence-corrected chi connectivity index (χ0v) is 11.2. The lowest BCUT2D eigenvalue weighted by atomic mass is 9.87. The molecule has 0 aliphatic rings. The number of hydrogen-bond donors (Lipinski definition) is 2. The second-order valence-electron chi connectivity index (χ2n) is 5.26. The lowest BCUT2D eigenvalue weighted by molar-refractivity contribution is 0.414. The summed E-state index contributed by atoms with van der Waals surface area (Å²) in [5.74, 6) is 1.67. The highest BCUT2D eigenvalue weighted by Gasteiger charge is 2.16. The molecule has 0 aliphatic heterocycles. The fourth-order valence-electron chi connectivity index (χ4n) is 1.73. The Kier molecular flexibility index (Phi) is 3.28. The van der Waals surface area contributed by atoms with Crippen molar-refractivity contribution >= 4 is 11.5 Å². The summed E-state index contributed by atoms with van der Waals surface area (Å²) in [4.78, 5) is 0. The van der Waals surface area contributed by atoms with Crippen LogP contribution < -0.4 is 10.1 Å². The lowest BCUT2D eigenvalue weighted by Gasteiger charge is -2.21. The van der Waals surface area contributed by atoms with Crippen LogP contribution in [0.4, 0.5) is 11.5 Å². The molecule has 0 atom stereocenters. The van der Waals surface area contributed by atoms with Crippen molar-refractivity contribution in [1.29, 1.82) is 0 Å². The number of H-pyrrole nitrogens is 1. The lowest BCUT2D eigenvalue weighted by Crippen LogP contribution is -2.11. The molecule has 0 amide bonds. The van der Waals surface area contributed by atoms with E-state index < -0.39 is 0 Å². The molecule has 0 fully saturated rings. The number of rotatable bonds is 3. The van der Waals surface area contributed by atoms with Gasteiger partial charge in [0, 0.05) is 6.07 Å². The van der Waals surface area contributed by atoms with E-state index in [1.165, 1.54) is 5.56 Å². The van der Waals surface area contributed by atoms with Gasteiger partial charge in [-0.2, -0.15) is 5.10 Å². The Balaban J connectivity index is 2.32. The first-order valence-corrected chi connectivity index (χ1v) is 5.95. The summed E-state index contributed by atoms with van der Waals surface area (Å²) in [5.41, 5.74) is 2.28. The van der Waals surface area contributed by atoms with Gasteiger partial charge in [0.15, 0.2) is 0 Å². The van der Waals surface area contributed by atoms with Gasteiger partial charge in [0.1, 0.15) is 11.6 Å². The second-order valence-corrected chi connectivity index (χ2v) is 5.26. The van der Waals surface area contributed by atoms with E-state index in [-0.39, 0.29) is 5.41 Å². The van der Waals surface area contributed by atoms with Gasteiger partial charge in [-0.3, -0.25) is 5.10 Å². The van der Waals surface area contributed by atoms with Gasteiger partial charge in [-0.1, -0.05) is 26.8 Å². The molecule has 0 saturated carbocycles. The Morgan fingerprint density at radius 2 is 2.00 bits per heavy atom. The van der Waals surface area contributed by atoms with E-state index in [9.17, 15) is 0 Å². The molecule has 96 valence electrons. The highest BCUT2D eigenvalue weighted by atomic mass is 16.5. The van der Waals surface area contributed by atoms with Crippen LogP contribution in [0.25, 0.3) is 0 Å². The van der Waals surface area contributed by atoms with E-state index in [4.69, 9.17) is 4.74 Å². The van der Waals surface area contributed by atoms with Gasteiger partial charge < -0.3 is 10.1 Å². The Morgan fingerprint density at radius 3 is 2.56 bits per heavy atom. The number of ether oxygens (including phenoxy) is 1. The molecule has 0 bridgehead atoms. The molecule has 0 unspecified atom stereocenters. The average molecular weight is 245 g/mol. The maximum Gasteiger partial charge on any atom is 0.142 e. The Bertz CT molecular complexity index is 512. The van der Waals surface area contributed by atoms with Crippen LogP contribution in [0.2, 0.25) is 0 Å². The SMILES string of the molecule is COc1cc(C(C)(C)C)ccc1Nc1ccn[nH]1. The summed E-state index contributed by atoms with van der Waals surface area (Å²) in [5, 5.41) is 10.0. The van der Waals surface area contributed by atoms with Crippen molar-refractivity contribution in [3.8, 4) is 5.75 Å². The first-order valence-electron chi connectivity index (χ1n) is 5.95. The second kappa shape index (κ2) is 4.72. The number of nitrogens with zero attached hydrogens (tertiary/aromatic N) is 1. The monoisotopic (exact) mass is 245 g/mol. The number of nitrogens with one attached hydrogen (secondary N) is 2. The largest absolute Gasteiger partial charge is 0.495 e. The van der Waals surface area contributed by atoms with E-state index in [1.807, 2.05) is 12.1 Å². The fourth-order valence-corrected chi connectivity index (χ4v) is 1.73. The zero-order chi connectivity index (χ0) is 13.2. The van der Waals surface area contributed by atoms with Crippen LogP contribution in [-0.4, -0.2) is 17.3 Å². The highest BCUT2D eigenvalue weighted by molar-refractivity contribution is 5.65. The van der Waals surface area contributed by atoms with Crippen LogP contribution in [0.3, 0.4) is 0 Å². The van der Waals surface area contributed by atoms with Crippen LogP contribution in [0.1, 0.15) is 26.3 Å². The van der Waals surface area contributed by atoms with Gasteiger partial charge in [-0.25, -0.2) is 0 Å². The van der Waals surface area contributed by atoms with E-state index in [1.54, 1.807) is 13.3 Å². The minimum atomic E-state index is 0.111. The number of aromatic nitrogens is 2. The van der Waals surface area contributed by atoms with Crippen LogP contribution in [-0.2, 0) is 5.41 Å². The maximum absolute atomic E-state index is 5.43. The Hall–Kier alpha value is -1.97. The topological polar surface area (TPSA) is 49.9 Å². The third-order valence-electron chi connectivity index (χ3n) is 2.84. The molecular weight excluding hydrogens is 226 g/mol. The van der Waals surface area contributed by atoms with Crippen molar-refractivity contribution in [2.45, 2.75) is 26.2 Å². The van der Waals surface area contributed by atoms with Gasteiger partial charge in [0.2, 0.25) is 0 Å². The standard InChI is InChI=1S/C14H19N3O/c1-14(2,3)10-5-6-11(12(9-10)18-4)16-13-7-8-15-17-13/h5-9H,1-4H3,(H2,15,16,17). The molecule has 0 saturated heterocycles. The number of benzene rings is 1. The molecular formula is C14H19N3O. The number of anilines is 2. The maximum atomic E-state index is 5.43. The van der Waals surface area contributed by atoms with Gasteiger partial charge in [0.25, 0.3) is 0 Å². The summed E-state index contributed by atoms with van der Waals surface area (Å²) in [6, 6.07) is 8.08. The molecule has 0 aliphatic carbocycles. The van der Waals surface area contributed by atoms with Crippen molar-refractivity contribution in [2.24, 2.45) is 0 Å². The predicted molar refractivity (Wildman–Crippen MR) is 73.6 cm³/mol. The summed E-state index contributed by atoms with van der Waals surface area (Å²) in [6.45, 7) is 6.55. The molecule has 1 aromatic heterocycles. The van der Waals surface area contributed by atoms with Gasteiger partial charge in [0.05, 0.1) is 19.0 Å². The van der Waals surface area contributed by atoms with E-state index in [0.29, 0.717) is 0 Å². The summed E-state index contributed by atoms with van der Waals surface area (Å²) >= 11 is 0. The third-order valence-corrected chi connectivity index (χ3v) is 2.84. The quantitative estimate of drug-likeness (QED) is 0.870. The third kappa shape index (κ3) is 2.64. The van der Waals surface area contributed by atoms with Crippen molar-refractivity contribution in [1.82, 2.24) is 10.2 Å². The van der Waals surface area contributed by atoms with Gasteiger partial charge in [-0.15, -0.1) is 0 Å². The predicted octanol–water partition coefficient (Wildman–Crippen LogP) is 3.46. The van der Waals surface area contributed by atoms with Crippen molar-refractivity contribution in [2.75, 3.05) is 12.4 Å². The molecule has 4 nitrogen and oxygen atoms in total. The number of aromatic amines is 1. The van der Waals surface area contributed by atoms with Crippen molar-refractivity contribution in [3.05, 3.63) is 36.0 Å². The summed E-state index contributed by atoms with van der Waals surface area (Å²) < 4.78 is 5.43. The number of methoxy groups -OCH3 is 1. The molecule has 0 spiro atoms. The average Bonchev–Trinajstić information content (AvgIpc) is 2.81. The molecule has 18 heavy (non-hydrogen) atoms. The first-order chi connectivity index (χ1) is 8.50. The summed E-state index contributed by atoms with van der Waals surface area (Å²) in [6.07, 6.45) is 1.71. The number of hydrogen-bond acceptors (Lipinski definition) is 3. The minimum absolute atomic E-state index is 0.111. The Morgan fingerprint density at radius 1 is 1.22 bits per heavy atom. The van der Waals surface area contributed by atoms with Crippen molar-refractivity contribution in [3.63, 3.8) is 0 Å². The summed E-state index contributed by atoms with van der Waals surface area (Å²) in [7, 11) is 1.68. The smallest absolute Gasteiger partial charge is 0.142 e. The highest BCUT2D eigenvalue weighted by Crippen LogP contribution is 2.32. The van der Waals surface area contributed by atoms with E-state index in [0.717, 1.165) is 17.3 Å².